The SMILES string of the molecule is CCOc1ccc2ccccc2c1CNc1cc(C)ccc1C. The Balaban J connectivity index is 1.97. The lowest BCUT2D eigenvalue weighted by molar-refractivity contribution is 0.337. The van der Waals surface area contributed by atoms with E-state index in [0.29, 0.717) is 6.61 Å². The Bertz CT molecular complexity index is 823. The van der Waals surface area contributed by atoms with Crippen LogP contribution in [0.1, 0.15) is 23.6 Å². The Morgan fingerprint density at radius 3 is 2.61 bits per heavy atom. The summed E-state index contributed by atoms with van der Waals surface area (Å²) in [6.45, 7) is 7.70. The average Bonchev–Trinajstić information content (AvgIpc) is 2.57. The number of hydrogen-bond donors (Lipinski definition) is 1. The summed E-state index contributed by atoms with van der Waals surface area (Å²) in [6, 6.07) is 19.2. The molecular weight excluding hydrogens is 282 g/mol. The highest BCUT2D eigenvalue weighted by molar-refractivity contribution is 5.88. The molecule has 2 nitrogen and oxygen atoms in total. The lowest BCUT2D eigenvalue weighted by Gasteiger charge is -2.16. The van der Waals surface area contributed by atoms with Crippen molar-refractivity contribution in [2.75, 3.05) is 11.9 Å². The van der Waals surface area contributed by atoms with Gasteiger partial charge in [-0.3, -0.25) is 0 Å². The minimum absolute atomic E-state index is 0.675. The van der Waals surface area contributed by atoms with Crippen molar-refractivity contribution < 1.29 is 4.74 Å². The number of rotatable bonds is 5. The molecule has 0 fully saturated rings. The van der Waals surface area contributed by atoms with Crippen LogP contribution in [0.2, 0.25) is 0 Å². The molecule has 0 saturated heterocycles. The summed E-state index contributed by atoms with van der Waals surface area (Å²) in [7, 11) is 0. The minimum Gasteiger partial charge on any atom is -0.494 e. The molecule has 0 aliphatic rings. The van der Waals surface area contributed by atoms with E-state index in [2.05, 4.69) is 73.8 Å². The normalized spacial score (nSPS) is 10.7. The van der Waals surface area contributed by atoms with Gasteiger partial charge in [-0.1, -0.05) is 42.5 Å². The molecule has 3 rings (SSSR count). The van der Waals surface area contributed by atoms with Crippen LogP contribution in [0.3, 0.4) is 0 Å². The Kier molecular flexibility index (Phi) is 4.52. The fourth-order valence-electron chi connectivity index (χ4n) is 2.90. The summed E-state index contributed by atoms with van der Waals surface area (Å²) in [5, 5.41) is 6.07. The number of anilines is 1. The summed E-state index contributed by atoms with van der Waals surface area (Å²) in [5.41, 5.74) is 4.92. The summed E-state index contributed by atoms with van der Waals surface area (Å²) >= 11 is 0. The standard InChI is InChI=1S/C21H23NO/c1-4-23-21-12-11-17-7-5-6-8-18(17)19(21)14-22-20-13-15(2)9-10-16(20)3/h5-13,22H,4,14H2,1-3H3. The molecule has 0 spiro atoms. The molecule has 23 heavy (non-hydrogen) atoms. The third-order valence-electron chi connectivity index (χ3n) is 4.15. The third-order valence-corrected chi connectivity index (χ3v) is 4.15. The van der Waals surface area contributed by atoms with E-state index in [0.717, 1.165) is 12.3 Å². The van der Waals surface area contributed by atoms with Crippen LogP contribution in [0.4, 0.5) is 5.69 Å². The van der Waals surface area contributed by atoms with Gasteiger partial charge in [-0.25, -0.2) is 0 Å². The highest BCUT2D eigenvalue weighted by Gasteiger charge is 2.09. The zero-order chi connectivity index (χ0) is 16.2. The Labute approximate surface area is 138 Å². The maximum Gasteiger partial charge on any atom is 0.124 e. The van der Waals surface area contributed by atoms with Gasteiger partial charge in [0.1, 0.15) is 5.75 Å². The van der Waals surface area contributed by atoms with Crippen LogP contribution in [-0.4, -0.2) is 6.61 Å². The zero-order valence-electron chi connectivity index (χ0n) is 14.0. The molecule has 0 saturated carbocycles. The fourth-order valence-corrected chi connectivity index (χ4v) is 2.90. The van der Waals surface area contributed by atoms with E-state index in [-0.39, 0.29) is 0 Å². The topological polar surface area (TPSA) is 21.3 Å². The van der Waals surface area contributed by atoms with Gasteiger partial charge in [-0.2, -0.15) is 0 Å². The van der Waals surface area contributed by atoms with E-state index in [1.165, 1.54) is 33.2 Å². The van der Waals surface area contributed by atoms with Crippen LogP contribution in [0.5, 0.6) is 5.75 Å². The van der Waals surface area contributed by atoms with Gasteiger partial charge in [0.2, 0.25) is 0 Å². The van der Waals surface area contributed by atoms with E-state index in [1.54, 1.807) is 0 Å². The van der Waals surface area contributed by atoms with Gasteiger partial charge in [0, 0.05) is 17.8 Å². The number of ether oxygens (including phenoxy) is 1. The van der Waals surface area contributed by atoms with Gasteiger partial charge in [-0.05, 0) is 54.8 Å². The van der Waals surface area contributed by atoms with Gasteiger partial charge in [0.05, 0.1) is 6.61 Å². The predicted octanol–water partition coefficient (Wildman–Crippen LogP) is 5.47. The molecule has 3 aromatic carbocycles. The van der Waals surface area contributed by atoms with Crippen molar-refractivity contribution in [2.24, 2.45) is 0 Å². The highest BCUT2D eigenvalue weighted by atomic mass is 16.5. The Morgan fingerprint density at radius 2 is 1.78 bits per heavy atom. The Morgan fingerprint density at radius 1 is 0.957 bits per heavy atom. The monoisotopic (exact) mass is 305 g/mol. The van der Waals surface area contributed by atoms with Gasteiger partial charge in [0.15, 0.2) is 0 Å². The second kappa shape index (κ2) is 6.74. The van der Waals surface area contributed by atoms with E-state index >= 15 is 0 Å². The molecule has 0 aliphatic carbocycles. The van der Waals surface area contributed by atoms with E-state index in [1.807, 2.05) is 6.92 Å². The second-order valence-corrected chi connectivity index (χ2v) is 5.87. The number of nitrogens with one attached hydrogen (secondary N) is 1. The van der Waals surface area contributed by atoms with E-state index < -0.39 is 0 Å². The molecule has 118 valence electrons. The van der Waals surface area contributed by atoms with Crippen LogP contribution in [0.25, 0.3) is 10.8 Å². The lowest BCUT2D eigenvalue weighted by Crippen LogP contribution is -2.05. The van der Waals surface area contributed by atoms with Crippen LogP contribution in [0.15, 0.2) is 54.6 Å². The van der Waals surface area contributed by atoms with Gasteiger partial charge in [-0.15, -0.1) is 0 Å². The van der Waals surface area contributed by atoms with Crippen LogP contribution in [0, 0.1) is 13.8 Å². The smallest absolute Gasteiger partial charge is 0.124 e. The van der Waals surface area contributed by atoms with Crippen LogP contribution in [-0.2, 0) is 6.54 Å². The summed E-state index contributed by atoms with van der Waals surface area (Å²) in [4.78, 5) is 0. The number of hydrogen-bond acceptors (Lipinski definition) is 2. The first kappa shape index (κ1) is 15.4. The summed E-state index contributed by atoms with van der Waals surface area (Å²) < 4.78 is 5.85. The van der Waals surface area contributed by atoms with Gasteiger partial charge in [0.25, 0.3) is 0 Å². The summed E-state index contributed by atoms with van der Waals surface area (Å²) in [6.07, 6.45) is 0. The molecule has 0 heterocycles. The maximum atomic E-state index is 5.85. The molecule has 0 unspecified atom stereocenters. The van der Waals surface area contributed by atoms with E-state index in [4.69, 9.17) is 4.74 Å². The molecule has 0 aliphatic heterocycles. The summed E-state index contributed by atoms with van der Waals surface area (Å²) in [5.74, 6) is 0.962. The quantitative estimate of drug-likeness (QED) is 0.675. The molecule has 1 N–H and O–H groups in total. The van der Waals surface area contributed by atoms with Crippen LogP contribution >= 0.6 is 0 Å². The minimum atomic E-state index is 0.675. The molecule has 0 radical (unpaired) electrons. The largest absolute Gasteiger partial charge is 0.494 e. The molecule has 0 aromatic heterocycles. The van der Waals surface area contributed by atoms with Crippen molar-refractivity contribution in [2.45, 2.75) is 27.3 Å². The lowest BCUT2D eigenvalue weighted by atomic mass is 10.0. The zero-order valence-corrected chi connectivity index (χ0v) is 14.0. The van der Waals surface area contributed by atoms with Crippen molar-refractivity contribution in [1.29, 1.82) is 0 Å². The Hall–Kier alpha value is -2.48. The highest BCUT2D eigenvalue weighted by Crippen LogP contribution is 2.29. The first-order valence-corrected chi connectivity index (χ1v) is 8.13. The first-order chi connectivity index (χ1) is 11.2. The average molecular weight is 305 g/mol. The molecular formula is C21H23NO. The van der Waals surface area contributed by atoms with Crippen molar-refractivity contribution >= 4 is 16.5 Å². The third kappa shape index (κ3) is 3.31. The van der Waals surface area contributed by atoms with Crippen molar-refractivity contribution in [3.05, 3.63) is 71.3 Å². The van der Waals surface area contributed by atoms with Gasteiger partial charge < -0.3 is 10.1 Å². The molecule has 2 heteroatoms. The molecule has 0 atom stereocenters. The second-order valence-electron chi connectivity index (χ2n) is 5.87. The molecule has 0 bridgehead atoms. The number of benzene rings is 3. The molecule has 0 amide bonds. The van der Waals surface area contributed by atoms with E-state index in [9.17, 15) is 0 Å². The molecule has 3 aromatic rings. The predicted molar refractivity (Wildman–Crippen MR) is 98.4 cm³/mol. The van der Waals surface area contributed by atoms with Crippen molar-refractivity contribution in [1.82, 2.24) is 0 Å². The first-order valence-electron chi connectivity index (χ1n) is 8.13. The van der Waals surface area contributed by atoms with Crippen molar-refractivity contribution in [3.63, 3.8) is 0 Å². The number of aryl methyl sites for hydroxylation is 2. The van der Waals surface area contributed by atoms with Crippen molar-refractivity contribution in [3.8, 4) is 5.75 Å². The van der Waals surface area contributed by atoms with Crippen LogP contribution < -0.4 is 10.1 Å². The number of fused-ring (bicyclic) bond motifs is 1. The van der Waals surface area contributed by atoms with Gasteiger partial charge >= 0.3 is 0 Å². The fraction of sp³-hybridized carbons (Fsp3) is 0.238. The maximum absolute atomic E-state index is 5.85.